The zero-order valence-electron chi connectivity index (χ0n) is 12.0. The number of nitrogens with two attached hydrogens (primary N) is 2. The van der Waals surface area contributed by atoms with Crippen molar-refractivity contribution in [3.8, 4) is 0 Å². The van der Waals surface area contributed by atoms with Crippen molar-refractivity contribution in [3.05, 3.63) is 18.2 Å². The van der Waals surface area contributed by atoms with Gasteiger partial charge < -0.3 is 5.73 Å². The van der Waals surface area contributed by atoms with Crippen LogP contribution in [0.2, 0.25) is 0 Å². The summed E-state index contributed by atoms with van der Waals surface area (Å²) in [5.41, 5.74) is 7.31. The van der Waals surface area contributed by atoms with Crippen LogP contribution in [0.3, 0.4) is 0 Å². The quantitative estimate of drug-likeness (QED) is 0.262. The summed E-state index contributed by atoms with van der Waals surface area (Å²) in [7, 11) is 0. The number of hydrogen-bond donors (Lipinski definition) is 2. The molecule has 1 saturated heterocycles. The lowest BCUT2D eigenvalue weighted by atomic mass is 9.90. The maximum Gasteiger partial charge on any atom is 0.124 e. The second kappa shape index (κ2) is 5.46. The molecule has 0 spiro atoms. The molecule has 1 aromatic carbocycles. The molecule has 1 fully saturated rings. The van der Waals surface area contributed by atoms with Crippen molar-refractivity contribution in [2.75, 3.05) is 15.7 Å². The molecule has 1 atom stereocenters. The molecule has 0 saturated carbocycles. The van der Waals surface area contributed by atoms with Crippen molar-refractivity contribution in [1.82, 2.24) is 0 Å². The van der Waals surface area contributed by atoms with Crippen LogP contribution in [0.1, 0.15) is 27.7 Å². The van der Waals surface area contributed by atoms with Gasteiger partial charge in [-0.2, -0.15) is 0 Å². The number of benzene rings is 1. The zero-order chi connectivity index (χ0) is 15.1. The van der Waals surface area contributed by atoms with Gasteiger partial charge in [-0.25, -0.2) is 15.5 Å². The van der Waals surface area contributed by atoms with E-state index in [1.807, 2.05) is 39.8 Å². The summed E-state index contributed by atoms with van der Waals surface area (Å²) in [5, 5.41) is 1.42. The Morgan fingerprint density at radius 2 is 1.75 bits per heavy atom. The van der Waals surface area contributed by atoms with Gasteiger partial charge in [0.15, 0.2) is 0 Å². The van der Waals surface area contributed by atoms with Gasteiger partial charge in [0, 0.05) is 0 Å². The summed E-state index contributed by atoms with van der Waals surface area (Å²) in [5.74, 6) is 5.87. The standard InChI is InChI=1S/C12H20IN4O2P/c1-11(2)12(3,4)19-17(18-11)8-5-6-10(9(14)7-8)16(15)20-13/h5-7,20H,14-15H2,1-4H3. The molecule has 8 heteroatoms. The molecule has 1 heterocycles. The van der Waals surface area contributed by atoms with E-state index in [4.69, 9.17) is 21.3 Å². The highest BCUT2D eigenvalue weighted by atomic mass is 127. The van der Waals surface area contributed by atoms with E-state index in [2.05, 4.69) is 22.0 Å². The van der Waals surface area contributed by atoms with Crippen molar-refractivity contribution in [2.24, 2.45) is 5.84 Å². The number of nitrogens with zero attached hydrogens (tertiary/aromatic N) is 2. The monoisotopic (exact) mass is 410 g/mol. The van der Waals surface area contributed by atoms with Gasteiger partial charge in [-0.15, -0.1) is 5.23 Å². The van der Waals surface area contributed by atoms with Gasteiger partial charge in [-0.05, 0) is 67.9 Å². The highest BCUT2D eigenvalue weighted by Gasteiger charge is 2.50. The molecular weight excluding hydrogens is 390 g/mol. The summed E-state index contributed by atoms with van der Waals surface area (Å²) in [6.07, 6.45) is 0.416. The second-order valence-corrected chi connectivity index (χ2v) is 7.76. The number of nitrogen functional groups attached to an aromatic ring is 1. The van der Waals surface area contributed by atoms with Crippen LogP contribution in [0.4, 0.5) is 17.1 Å². The topological polar surface area (TPSA) is 77.0 Å². The molecule has 1 aliphatic heterocycles. The van der Waals surface area contributed by atoms with Crippen LogP contribution in [-0.2, 0) is 9.68 Å². The van der Waals surface area contributed by atoms with Gasteiger partial charge >= 0.3 is 0 Å². The van der Waals surface area contributed by atoms with Crippen molar-refractivity contribution in [3.63, 3.8) is 0 Å². The molecule has 20 heavy (non-hydrogen) atoms. The number of hydrazine groups is 1. The first-order chi connectivity index (χ1) is 9.18. The first-order valence-electron chi connectivity index (χ1n) is 6.17. The molecule has 0 aliphatic carbocycles. The smallest absolute Gasteiger partial charge is 0.124 e. The van der Waals surface area contributed by atoms with Crippen LogP contribution >= 0.6 is 28.4 Å². The van der Waals surface area contributed by atoms with E-state index in [0.717, 1.165) is 11.4 Å². The molecular formula is C12H20IN4O2P. The molecule has 1 aliphatic rings. The van der Waals surface area contributed by atoms with Crippen molar-refractivity contribution >= 4 is 45.5 Å². The van der Waals surface area contributed by atoms with Gasteiger partial charge in [0.05, 0.1) is 23.4 Å². The summed E-state index contributed by atoms with van der Waals surface area (Å²) < 4.78 is 1.61. The van der Waals surface area contributed by atoms with Crippen LogP contribution in [0.5, 0.6) is 0 Å². The van der Waals surface area contributed by atoms with E-state index in [-0.39, 0.29) is 0 Å². The average Bonchev–Trinajstić information content (AvgIpc) is 2.57. The fourth-order valence-electron chi connectivity index (χ4n) is 1.68. The van der Waals surface area contributed by atoms with Crippen molar-refractivity contribution < 1.29 is 9.68 Å². The zero-order valence-corrected chi connectivity index (χ0v) is 15.1. The molecule has 4 N–H and O–H groups in total. The summed E-state index contributed by atoms with van der Waals surface area (Å²) >= 11 is 2.20. The molecule has 112 valence electrons. The number of anilines is 3. The van der Waals surface area contributed by atoms with Crippen LogP contribution in [-0.4, -0.2) is 11.2 Å². The third-order valence-corrected chi connectivity index (χ3v) is 5.63. The predicted molar refractivity (Wildman–Crippen MR) is 92.7 cm³/mol. The maximum absolute atomic E-state index is 6.04. The minimum Gasteiger partial charge on any atom is -0.397 e. The number of halogens is 1. The first-order valence-corrected chi connectivity index (χ1v) is 10.2. The van der Waals surface area contributed by atoms with E-state index < -0.39 is 11.2 Å². The van der Waals surface area contributed by atoms with E-state index >= 15 is 0 Å². The lowest BCUT2D eigenvalue weighted by Gasteiger charge is -2.26. The van der Waals surface area contributed by atoms with E-state index in [0.29, 0.717) is 12.1 Å². The van der Waals surface area contributed by atoms with Crippen LogP contribution < -0.4 is 21.6 Å². The van der Waals surface area contributed by atoms with Crippen LogP contribution in [0, 0.1) is 0 Å². The fraction of sp³-hybridized carbons (Fsp3) is 0.500. The minimum atomic E-state index is -0.427. The highest BCUT2D eigenvalue weighted by molar-refractivity contribution is 14.2. The molecule has 1 aromatic rings. The average molecular weight is 410 g/mol. The number of hydrogen-bond acceptors (Lipinski definition) is 6. The van der Waals surface area contributed by atoms with Crippen molar-refractivity contribution in [1.29, 1.82) is 0 Å². The van der Waals surface area contributed by atoms with Gasteiger partial charge in [-0.1, -0.05) is 0 Å². The second-order valence-electron chi connectivity index (χ2n) is 5.66. The Labute approximate surface area is 133 Å². The lowest BCUT2D eigenvalue weighted by Crippen LogP contribution is -2.41. The summed E-state index contributed by atoms with van der Waals surface area (Å²) in [6.45, 7) is 7.96. The minimum absolute atomic E-state index is 0.416. The third kappa shape index (κ3) is 2.82. The predicted octanol–water partition coefficient (Wildman–Crippen LogP) is 3.13. The SMILES string of the molecule is CC1(C)ON(c2ccc(N(N)PI)c(N)c2)OC1(C)C. The van der Waals surface area contributed by atoms with E-state index in [1.54, 1.807) is 10.8 Å². The normalized spacial score (nSPS) is 20.8. The van der Waals surface area contributed by atoms with Crippen LogP contribution in [0.15, 0.2) is 18.2 Å². The van der Waals surface area contributed by atoms with Gasteiger partial charge in [0.2, 0.25) is 0 Å². The Hall–Kier alpha value is -0.340. The van der Waals surface area contributed by atoms with Gasteiger partial charge in [0.1, 0.15) is 11.2 Å². The summed E-state index contributed by atoms with van der Waals surface area (Å²) in [6, 6.07) is 5.53. The molecule has 0 amide bonds. The Bertz CT molecular complexity index is 496. The van der Waals surface area contributed by atoms with E-state index in [1.165, 1.54) is 5.23 Å². The molecule has 2 rings (SSSR count). The van der Waals surface area contributed by atoms with Crippen molar-refractivity contribution in [2.45, 2.75) is 38.9 Å². The van der Waals surface area contributed by atoms with E-state index in [9.17, 15) is 0 Å². The molecule has 6 nitrogen and oxygen atoms in total. The Morgan fingerprint density at radius 1 is 1.20 bits per heavy atom. The lowest BCUT2D eigenvalue weighted by molar-refractivity contribution is -0.0272. The Balaban J connectivity index is 2.26. The highest BCUT2D eigenvalue weighted by Crippen LogP contribution is 2.41. The third-order valence-electron chi connectivity index (χ3n) is 3.64. The maximum atomic E-state index is 6.04. The largest absolute Gasteiger partial charge is 0.397 e. The number of rotatable bonds is 3. The van der Waals surface area contributed by atoms with Crippen LogP contribution in [0.25, 0.3) is 0 Å². The van der Waals surface area contributed by atoms with Gasteiger partial charge in [-0.3, -0.25) is 4.78 Å². The summed E-state index contributed by atoms with van der Waals surface area (Å²) in [4.78, 5) is 11.7. The fourth-order valence-corrected chi connectivity index (χ4v) is 2.75. The molecule has 0 bridgehead atoms. The molecule has 0 aromatic heterocycles. The van der Waals surface area contributed by atoms with Gasteiger partial charge in [0.25, 0.3) is 0 Å². The molecule has 0 radical (unpaired) electrons. The molecule has 1 unspecified atom stereocenters. The first kappa shape index (κ1) is 16.0. The Morgan fingerprint density at radius 3 is 2.20 bits per heavy atom. The Kier molecular flexibility index (Phi) is 4.37.